The van der Waals surface area contributed by atoms with E-state index in [-0.39, 0.29) is 6.09 Å². The molecular weight excluding hydrogens is 583 g/mol. The van der Waals surface area contributed by atoms with Crippen molar-refractivity contribution in [2.24, 2.45) is 0 Å². The maximum atomic E-state index is 12.2. The first-order valence-electron chi connectivity index (χ1n) is 15.8. The van der Waals surface area contributed by atoms with Gasteiger partial charge in [-0.05, 0) is 69.0 Å². The number of halogens is 2. The van der Waals surface area contributed by atoms with Gasteiger partial charge in [-0.15, -0.1) is 0 Å². The van der Waals surface area contributed by atoms with Crippen LogP contribution in [0.25, 0.3) is 0 Å². The van der Waals surface area contributed by atoms with Crippen LogP contribution in [0.15, 0.2) is 36.4 Å². The Bertz CT molecular complexity index is 1220. The van der Waals surface area contributed by atoms with Crippen molar-refractivity contribution in [3.63, 3.8) is 0 Å². The number of amides is 1. The Morgan fingerprint density at radius 1 is 0.721 bits per heavy atom. The molecule has 4 fully saturated rings. The molecule has 0 aromatic heterocycles. The minimum atomic E-state index is -0.441. The number of carbonyl (C=O) groups is 1. The van der Waals surface area contributed by atoms with Crippen LogP contribution in [0.5, 0.6) is 0 Å². The highest BCUT2D eigenvalue weighted by Gasteiger charge is 2.27. The number of hydrogen-bond donors (Lipinski definition) is 1. The molecule has 1 amide bonds. The monoisotopic (exact) mass is 630 g/mol. The van der Waals surface area contributed by atoms with Crippen LogP contribution in [-0.2, 0) is 17.8 Å². The van der Waals surface area contributed by atoms with E-state index in [2.05, 4.69) is 49.2 Å². The predicted molar refractivity (Wildman–Crippen MR) is 178 cm³/mol. The van der Waals surface area contributed by atoms with Gasteiger partial charge in [-0.25, -0.2) is 4.79 Å². The third kappa shape index (κ3) is 9.14. The quantitative estimate of drug-likeness (QED) is 0.449. The topological polar surface area (TPSA) is 54.5 Å². The summed E-state index contributed by atoms with van der Waals surface area (Å²) in [6.45, 7) is 19.9. The van der Waals surface area contributed by atoms with E-state index in [1.807, 2.05) is 32.9 Å². The summed E-state index contributed by atoms with van der Waals surface area (Å²) in [5.41, 5.74) is 4.89. The zero-order valence-corrected chi connectivity index (χ0v) is 27.6. The molecule has 4 aliphatic heterocycles. The molecule has 1 N–H and O–H groups in total. The summed E-state index contributed by atoms with van der Waals surface area (Å²) in [6, 6.07) is 12.5. The lowest BCUT2D eigenvalue weighted by Gasteiger charge is -2.38. The van der Waals surface area contributed by atoms with Crippen molar-refractivity contribution in [1.29, 1.82) is 0 Å². The van der Waals surface area contributed by atoms with Crippen molar-refractivity contribution in [3.05, 3.63) is 57.6 Å². The molecule has 0 spiro atoms. The molecule has 0 radical (unpaired) electrons. The number of carbonyl (C=O) groups excluding carboxylic acids is 1. The van der Waals surface area contributed by atoms with E-state index in [0.717, 1.165) is 75.5 Å². The Morgan fingerprint density at radius 2 is 1.19 bits per heavy atom. The summed E-state index contributed by atoms with van der Waals surface area (Å²) < 4.78 is 5.46. The number of ether oxygens (including phenoxy) is 1. The first-order chi connectivity index (χ1) is 20.6. The van der Waals surface area contributed by atoms with E-state index in [9.17, 15) is 4.79 Å². The molecule has 2 aromatic rings. The van der Waals surface area contributed by atoms with Gasteiger partial charge in [0.1, 0.15) is 5.60 Å². The van der Waals surface area contributed by atoms with E-state index in [1.165, 1.54) is 48.4 Å². The fraction of sp³-hybridized carbons (Fsp3) is 0.606. The summed E-state index contributed by atoms with van der Waals surface area (Å²) in [7, 11) is 0. The zero-order chi connectivity index (χ0) is 30.4. The van der Waals surface area contributed by atoms with Gasteiger partial charge in [-0.1, -0.05) is 35.3 Å². The number of piperazine rings is 2. The normalized spacial score (nSPS) is 19.7. The van der Waals surface area contributed by atoms with Gasteiger partial charge in [0, 0.05) is 113 Å². The fourth-order valence-electron chi connectivity index (χ4n) is 5.81. The summed E-state index contributed by atoms with van der Waals surface area (Å²) in [6.07, 6.45) is 2.35. The lowest BCUT2D eigenvalue weighted by molar-refractivity contribution is 0.0139. The van der Waals surface area contributed by atoms with E-state index in [0.29, 0.717) is 13.1 Å². The first kappa shape index (κ1) is 32.2. The largest absolute Gasteiger partial charge is 0.444 e. The summed E-state index contributed by atoms with van der Waals surface area (Å²) in [4.78, 5) is 23.7. The van der Waals surface area contributed by atoms with Crippen molar-refractivity contribution in [3.8, 4) is 0 Å². The number of rotatable bonds is 6. The lowest BCUT2D eigenvalue weighted by Crippen LogP contribution is -2.49. The van der Waals surface area contributed by atoms with Crippen LogP contribution in [0.1, 0.15) is 44.7 Å². The van der Waals surface area contributed by atoms with Gasteiger partial charge in [0.05, 0.1) is 0 Å². The van der Waals surface area contributed by atoms with Crippen molar-refractivity contribution in [2.75, 3.05) is 88.3 Å². The van der Waals surface area contributed by atoms with E-state index in [4.69, 9.17) is 27.9 Å². The van der Waals surface area contributed by atoms with Crippen LogP contribution in [0.4, 0.5) is 16.2 Å². The van der Waals surface area contributed by atoms with Crippen LogP contribution < -0.4 is 15.1 Å². The predicted octanol–water partition coefficient (Wildman–Crippen LogP) is 5.56. The van der Waals surface area contributed by atoms with Gasteiger partial charge < -0.3 is 24.8 Å². The molecule has 8 nitrogen and oxygen atoms in total. The molecule has 0 unspecified atom stereocenters. The Kier molecular flexibility index (Phi) is 11.0. The second-order valence-electron chi connectivity index (χ2n) is 13.0. The van der Waals surface area contributed by atoms with E-state index < -0.39 is 5.60 Å². The molecule has 4 heterocycles. The van der Waals surface area contributed by atoms with Gasteiger partial charge in [0.15, 0.2) is 0 Å². The number of nitrogens with one attached hydrogen (secondary N) is 1. The Labute approximate surface area is 267 Å². The number of anilines is 2. The second-order valence-corrected chi connectivity index (χ2v) is 13.9. The summed E-state index contributed by atoms with van der Waals surface area (Å²) in [5, 5.41) is 5.04. The minimum absolute atomic E-state index is 0.208. The number of benzene rings is 2. The molecule has 4 aliphatic rings. The molecule has 4 saturated heterocycles. The van der Waals surface area contributed by atoms with E-state index in [1.54, 1.807) is 4.90 Å². The minimum Gasteiger partial charge on any atom is -0.444 e. The Morgan fingerprint density at radius 3 is 1.60 bits per heavy atom. The third-order valence-corrected chi connectivity index (χ3v) is 8.98. The van der Waals surface area contributed by atoms with Crippen LogP contribution in [0, 0.1) is 0 Å². The van der Waals surface area contributed by atoms with Gasteiger partial charge in [0.25, 0.3) is 0 Å². The van der Waals surface area contributed by atoms with Crippen molar-refractivity contribution in [1.82, 2.24) is 20.0 Å². The van der Waals surface area contributed by atoms with Crippen LogP contribution in [0.3, 0.4) is 0 Å². The molecule has 0 atom stereocenters. The lowest BCUT2D eigenvalue weighted by atomic mass is 10.1. The van der Waals surface area contributed by atoms with Crippen LogP contribution in [0.2, 0.25) is 10.0 Å². The highest BCUT2D eigenvalue weighted by atomic mass is 35.5. The molecule has 10 heteroatoms. The van der Waals surface area contributed by atoms with Crippen molar-refractivity contribution in [2.45, 2.75) is 52.3 Å². The smallest absolute Gasteiger partial charge is 0.410 e. The summed E-state index contributed by atoms with van der Waals surface area (Å²) >= 11 is 12.3. The molecule has 0 aliphatic carbocycles. The molecule has 236 valence electrons. The van der Waals surface area contributed by atoms with Crippen molar-refractivity contribution >= 4 is 40.7 Å². The molecule has 0 bridgehead atoms. The second kappa shape index (κ2) is 14.7. The van der Waals surface area contributed by atoms with Gasteiger partial charge in [-0.3, -0.25) is 9.80 Å². The first-order valence-corrected chi connectivity index (χ1v) is 16.6. The zero-order valence-electron chi connectivity index (χ0n) is 26.1. The van der Waals surface area contributed by atoms with E-state index >= 15 is 0 Å². The average molecular weight is 632 g/mol. The van der Waals surface area contributed by atoms with Crippen LogP contribution >= 0.6 is 23.2 Å². The molecule has 43 heavy (non-hydrogen) atoms. The number of nitrogens with zero attached hydrogens (tertiary/aromatic N) is 5. The maximum Gasteiger partial charge on any atom is 0.410 e. The maximum absolute atomic E-state index is 12.2. The highest BCUT2D eigenvalue weighted by molar-refractivity contribution is 6.31. The van der Waals surface area contributed by atoms with Gasteiger partial charge >= 0.3 is 6.09 Å². The van der Waals surface area contributed by atoms with Gasteiger partial charge in [0.2, 0.25) is 0 Å². The molecule has 2 aromatic carbocycles. The van der Waals surface area contributed by atoms with Crippen molar-refractivity contribution < 1.29 is 9.53 Å². The third-order valence-electron chi connectivity index (χ3n) is 8.51. The van der Waals surface area contributed by atoms with Gasteiger partial charge in [-0.2, -0.15) is 0 Å². The average Bonchev–Trinajstić information content (AvgIpc) is 2.90. The highest BCUT2D eigenvalue weighted by Crippen LogP contribution is 2.31. The molecular formula is C33H48Cl2N6O2. The summed E-state index contributed by atoms with van der Waals surface area (Å²) in [5.74, 6) is 0. The SMILES string of the molecule is CC(C)(C)OC(=O)N1CCN(Cc2ccc(Cl)cc2N2CCC2)CC1.Clc1ccc(CN2CCNCC2)c(N2CCC2)c1. The number of hydrogen-bond acceptors (Lipinski definition) is 7. The Hall–Kier alpha value is -2.23. The standard InChI is InChI=1S/C19H28ClN3O2.C14H20ClN3/c1-19(2,3)25-18(24)23-11-9-21(10-12-23)14-15-5-6-16(20)13-17(15)22-7-4-8-22;15-13-3-2-12(11-17-8-4-16-5-9-17)14(10-13)18-6-1-7-18/h5-6,13H,4,7-12,14H2,1-3H3;2-3,10,16H,1,4-9,11H2. The molecule has 0 saturated carbocycles. The Balaban J connectivity index is 0.000000180. The fourth-order valence-corrected chi connectivity index (χ4v) is 6.14. The molecule has 6 rings (SSSR count). The van der Waals surface area contributed by atoms with Crippen LogP contribution in [-0.4, -0.2) is 105 Å².